The molecule has 0 aromatic carbocycles. The molecule has 1 rings (SSSR count). The van der Waals surface area contributed by atoms with E-state index in [9.17, 15) is 14.4 Å². The normalized spacial score (nSPS) is 10.3. The van der Waals surface area contributed by atoms with E-state index < -0.39 is 18.3 Å². The number of carbonyl (C=O) groups is 3. The summed E-state index contributed by atoms with van der Waals surface area (Å²) in [6, 6.07) is 0. The summed E-state index contributed by atoms with van der Waals surface area (Å²) in [6.45, 7) is 6.85. The summed E-state index contributed by atoms with van der Waals surface area (Å²) in [6.07, 6.45) is 5.67. The number of aromatic nitrogens is 3. The molecule has 0 radical (unpaired) electrons. The van der Waals surface area contributed by atoms with E-state index in [0.29, 0.717) is 0 Å². The van der Waals surface area contributed by atoms with E-state index in [-0.39, 0.29) is 37.7 Å². The molecule has 3 N–H and O–H groups in total. The van der Waals surface area contributed by atoms with Crippen molar-refractivity contribution in [3.8, 4) is 0 Å². The summed E-state index contributed by atoms with van der Waals surface area (Å²) in [5, 5.41) is 7.07. The van der Waals surface area contributed by atoms with Gasteiger partial charge in [-0.05, 0) is 19.3 Å². The van der Waals surface area contributed by atoms with E-state index >= 15 is 0 Å². The molecule has 0 fully saturated rings. The standard InChI is InChI=1S/C21H36N6O6/c1-4-7-10-13-31-19(28)25-16-22-17(26-20(29)32-14-11-8-5-2)24-18(23-16)27-21(30)33-15-12-9-6-3/h4-15H2,1-3H3,(H3,22,23,24,25,26,27,28,29,30). The Hall–Kier alpha value is -3.18. The molecule has 1 aromatic heterocycles. The second-order valence-electron chi connectivity index (χ2n) is 7.21. The Morgan fingerprint density at radius 2 is 0.818 bits per heavy atom. The highest BCUT2D eigenvalue weighted by atomic mass is 16.6. The van der Waals surface area contributed by atoms with E-state index in [4.69, 9.17) is 14.2 Å². The number of hydrogen-bond donors (Lipinski definition) is 3. The summed E-state index contributed by atoms with van der Waals surface area (Å²) < 4.78 is 15.2. The van der Waals surface area contributed by atoms with Crippen LogP contribution >= 0.6 is 0 Å². The Morgan fingerprint density at radius 3 is 1.06 bits per heavy atom. The van der Waals surface area contributed by atoms with Crippen LogP contribution in [-0.2, 0) is 14.2 Å². The molecule has 0 saturated heterocycles. The van der Waals surface area contributed by atoms with Crippen molar-refractivity contribution in [2.75, 3.05) is 35.8 Å². The first-order valence-corrected chi connectivity index (χ1v) is 11.6. The molecule has 0 aliphatic carbocycles. The van der Waals surface area contributed by atoms with Gasteiger partial charge in [0.1, 0.15) is 0 Å². The first kappa shape index (κ1) is 27.9. The van der Waals surface area contributed by atoms with Gasteiger partial charge in [-0.1, -0.05) is 59.3 Å². The molecule has 0 unspecified atom stereocenters. The maximum Gasteiger partial charge on any atom is 0.414 e. The zero-order valence-electron chi connectivity index (χ0n) is 19.8. The zero-order chi connectivity index (χ0) is 24.3. The van der Waals surface area contributed by atoms with E-state index in [1.165, 1.54) is 0 Å². The molecule has 12 heteroatoms. The van der Waals surface area contributed by atoms with Crippen molar-refractivity contribution in [3.05, 3.63) is 0 Å². The molecule has 3 amide bonds. The Bertz CT molecular complexity index is 626. The highest BCUT2D eigenvalue weighted by Gasteiger charge is 2.15. The molecule has 12 nitrogen and oxygen atoms in total. The average molecular weight is 469 g/mol. The van der Waals surface area contributed by atoms with Crippen molar-refractivity contribution in [2.24, 2.45) is 0 Å². The van der Waals surface area contributed by atoms with Crippen LogP contribution < -0.4 is 16.0 Å². The lowest BCUT2D eigenvalue weighted by Gasteiger charge is -2.11. The lowest BCUT2D eigenvalue weighted by atomic mass is 10.3. The molecule has 0 saturated carbocycles. The van der Waals surface area contributed by atoms with Gasteiger partial charge in [0, 0.05) is 0 Å². The van der Waals surface area contributed by atoms with Gasteiger partial charge in [0.05, 0.1) is 19.8 Å². The predicted octanol–water partition coefficient (Wildman–Crippen LogP) is 5.09. The van der Waals surface area contributed by atoms with Crippen LogP contribution in [0.5, 0.6) is 0 Å². The van der Waals surface area contributed by atoms with Gasteiger partial charge in [0.15, 0.2) is 0 Å². The smallest absolute Gasteiger partial charge is 0.414 e. The fraction of sp³-hybridized carbons (Fsp3) is 0.714. The molecule has 0 spiro atoms. The van der Waals surface area contributed by atoms with Gasteiger partial charge in [-0.25, -0.2) is 14.4 Å². The Balaban J connectivity index is 2.78. The number of nitrogens with one attached hydrogen (secondary N) is 3. The Kier molecular flexibility index (Phi) is 14.7. The van der Waals surface area contributed by atoms with Gasteiger partial charge in [0.25, 0.3) is 0 Å². The first-order chi connectivity index (χ1) is 16.0. The molecule has 33 heavy (non-hydrogen) atoms. The van der Waals surface area contributed by atoms with Gasteiger partial charge in [-0.15, -0.1) is 0 Å². The average Bonchev–Trinajstić information content (AvgIpc) is 2.77. The van der Waals surface area contributed by atoms with E-state index in [1.54, 1.807) is 0 Å². The van der Waals surface area contributed by atoms with E-state index in [1.807, 2.05) is 20.8 Å². The number of amides is 3. The Labute approximate surface area is 194 Å². The molecule has 1 aromatic rings. The highest BCUT2D eigenvalue weighted by Crippen LogP contribution is 2.11. The maximum atomic E-state index is 12.0. The predicted molar refractivity (Wildman–Crippen MR) is 123 cm³/mol. The van der Waals surface area contributed by atoms with E-state index in [2.05, 4.69) is 30.9 Å². The van der Waals surface area contributed by atoms with Crippen molar-refractivity contribution in [3.63, 3.8) is 0 Å². The molecule has 0 atom stereocenters. The van der Waals surface area contributed by atoms with Gasteiger partial charge in [-0.2, -0.15) is 15.0 Å². The number of rotatable bonds is 15. The van der Waals surface area contributed by atoms with Gasteiger partial charge in [-0.3, -0.25) is 16.0 Å². The molecular weight excluding hydrogens is 432 g/mol. The number of anilines is 3. The minimum atomic E-state index is -0.765. The quantitative estimate of drug-likeness (QED) is 0.236. The SMILES string of the molecule is CCCCCOC(=O)Nc1nc(NC(=O)OCCCCC)nc(NC(=O)OCCCCC)n1. The van der Waals surface area contributed by atoms with E-state index in [0.717, 1.165) is 57.8 Å². The largest absolute Gasteiger partial charge is 0.449 e. The number of carbonyl (C=O) groups excluding carboxylic acids is 3. The lowest BCUT2D eigenvalue weighted by molar-refractivity contribution is 0.158. The summed E-state index contributed by atoms with van der Waals surface area (Å²) in [4.78, 5) is 47.8. The Morgan fingerprint density at radius 1 is 0.545 bits per heavy atom. The van der Waals surface area contributed by atoms with Crippen LogP contribution in [0.15, 0.2) is 0 Å². The third-order valence-electron chi connectivity index (χ3n) is 4.22. The summed E-state index contributed by atoms with van der Waals surface area (Å²) in [5.41, 5.74) is 0. The topological polar surface area (TPSA) is 154 Å². The van der Waals surface area contributed by atoms with Crippen LogP contribution in [0.3, 0.4) is 0 Å². The van der Waals surface area contributed by atoms with Gasteiger partial charge >= 0.3 is 18.3 Å². The molecule has 186 valence electrons. The summed E-state index contributed by atoms with van der Waals surface area (Å²) in [7, 11) is 0. The maximum absolute atomic E-state index is 12.0. The second kappa shape index (κ2) is 17.4. The van der Waals surface area contributed by atoms with Crippen LogP contribution in [-0.4, -0.2) is 53.1 Å². The third-order valence-corrected chi connectivity index (χ3v) is 4.22. The molecule has 1 heterocycles. The monoisotopic (exact) mass is 468 g/mol. The van der Waals surface area contributed by atoms with Crippen LogP contribution in [0.4, 0.5) is 32.2 Å². The van der Waals surface area contributed by atoms with Crippen LogP contribution in [0.2, 0.25) is 0 Å². The van der Waals surface area contributed by atoms with Crippen molar-refractivity contribution in [2.45, 2.75) is 78.6 Å². The summed E-state index contributed by atoms with van der Waals surface area (Å²) in [5.74, 6) is -0.644. The van der Waals surface area contributed by atoms with Crippen molar-refractivity contribution in [1.29, 1.82) is 0 Å². The minimum absolute atomic E-state index is 0.215. The lowest BCUT2D eigenvalue weighted by Crippen LogP contribution is -2.22. The fourth-order valence-corrected chi connectivity index (χ4v) is 2.48. The molecule has 0 aliphatic heterocycles. The van der Waals surface area contributed by atoms with Crippen molar-refractivity contribution in [1.82, 2.24) is 15.0 Å². The number of ether oxygens (including phenoxy) is 3. The molecular formula is C21H36N6O6. The zero-order valence-corrected chi connectivity index (χ0v) is 19.8. The molecule has 0 aliphatic rings. The number of nitrogens with zero attached hydrogens (tertiary/aromatic N) is 3. The van der Waals surface area contributed by atoms with Crippen LogP contribution in [0.25, 0.3) is 0 Å². The second-order valence-corrected chi connectivity index (χ2v) is 7.21. The van der Waals surface area contributed by atoms with Gasteiger partial charge in [0.2, 0.25) is 17.8 Å². The van der Waals surface area contributed by atoms with Crippen molar-refractivity contribution < 1.29 is 28.6 Å². The highest BCUT2D eigenvalue weighted by molar-refractivity contribution is 5.86. The van der Waals surface area contributed by atoms with Crippen LogP contribution in [0, 0.1) is 0 Å². The molecule has 0 bridgehead atoms. The van der Waals surface area contributed by atoms with Gasteiger partial charge < -0.3 is 14.2 Å². The van der Waals surface area contributed by atoms with Crippen LogP contribution in [0.1, 0.15) is 78.6 Å². The third kappa shape index (κ3) is 13.8. The summed E-state index contributed by atoms with van der Waals surface area (Å²) >= 11 is 0. The first-order valence-electron chi connectivity index (χ1n) is 11.6. The number of hydrogen-bond acceptors (Lipinski definition) is 9. The minimum Gasteiger partial charge on any atom is -0.449 e. The fourth-order valence-electron chi connectivity index (χ4n) is 2.48. The number of unbranched alkanes of at least 4 members (excludes halogenated alkanes) is 6. The van der Waals surface area contributed by atoms with Crippen molar-refractivity contribution >= 4 is 36.1 Å².